The molecule has 3 aromatic carbocycles. The zero-order valence-electron chi connectivity index (χ0n) is 18.5. The molecule has 0 unspecified atom stereocenters. The van der Waals surface area contributed by atoms with Crippen LogP contribution in [0.4, 0.5) is 22.0 Å². The highest BCUT2D eigenvalue weighted by Crippen LogP contribution is 2.35. The average molecular weight is 478 g/mol. The number of carboxylic acids is 1. The molecule has 3 rings (SSSR count). The minimum absolute atomic E-state index is 0.0652. The van der Waals surface area contributed by atoms with Crippen LogP contribution in [0, 0.1) is 17.6 Å². The van der Waals surface area contributed by atoms with Gasteiger partial charge in [-0.2, -0.15) is 13.2 Å². The van der Waals surface area contributed by atoms with E-state index in [-0.39, 0.29) is 23.8 Å². The lowest BCUT2D eigenvalue weighted by atomic mass is 9.88. The van der Waals surface area contributed by atoms with Crippen LogP contribution in [-0.4, -0.2) is 11.1 Å². The molecule has 3 aromatic rings. The summed E-state index contributed by atoms with van der Waals surface area (Å²) in [6, 6.07) is 12.1. The lowest BCUT2D eigenvalue weighted by Crippen LogP contribution is -2.14. The molecule has 0 aliphatic carbocycles. The molecule has 1 atom stereocenters. The van der Waals surface area contributed by atoms with Crippen LogP contribution in [0.15, 0.2) is 60.7 Å². The number of ether oxygens (including phenoxy) is 1. The van der Waals surface area contributed by atoms with Crippen molar-refractivity contribution in [2.24, 2.45) is 5.92 Å². The van der Waals surface area contributed by atoms with E-state index in [0.29, 0.717) is 23.1 Å². The Morgan fingerprint density at radius 3 is 2.06 bits per heavy atom. The molecule has 0 spiro atoms. The highest BCUT2D eigenvalue weighted by Gasteiger charge is 2.30. The molecule has 34 heavy (non-hydrogen) atoms. The van der Waals surface area contributed by atoms with Crippen molar-refractivity contribution in [2.45, 2.75) is 39.0 Å². The molecule has 8 heteroatoms. The highest BCUT2D eigenvalue weighted by molar-refractivity contribution is 5.78. The molecule has 0 aliphatic heterocycles. The van der Waals surface area contributed by atoms with Crippen LogP contribution in [0.5, 0.6) is 5.75 Å². The molecule has 0 saturated heterocycles. The number of halogens is 5. The third kappa shape index (κ3) is 6.56. The predicted octanol–water partition coefficient (Wildman–Crippen LogP) is 7.44. The minimum atomic E-state index is -4.49. The molecule has 0 aromatic heterocycles. The van der Waals surface area contributed by atoms with Crippen molar-refractivity contribution in [1.29, 1.82) is 0 Å². The largest absolute Gasteiger partial charge is 0.489 e. The number of hydrogen-bond acceptors (Lipinski definition) is 2. The van der Waals surface area contributed by atoms with Gasteiger partial charge in [-0.3, -0.25) is 4.79 Å². The Labute approximate surface area is 193 Å². The molecule has 0 bridgehead atoms. The Balaban J connectivity index is 2.01. The molecule has 0 fully saturated rings. The second kappa shape index (κ2) is 10.2. The molecule has 0 saturated carbocycles. The maximum atomic E-state index is 13.5. The van der Waals surface area contributed by atoms with Gasteiger partial charge in [0.1, 0.15) is 24.0 Å². The quantitative estimate of drug-likeness (QED) is 0.342. The minimum Gasteiger partial charge on any atom is -0.489 e. The lowest BCUT2D eigenvalue weighted by Gasteiger charge is -2.18. The zero-order valence-corrected chi connectivity index (χ0v) is 18.5. The molecule has 180 valence electrons. The van der Waals surface area contributed by atoms with Gasteiger partial charge in [0, 0.05) is 6.07 Å². The van der Waals surface area contributed by atoms with Crippen LogP contribution in [0.3, 0.4) is 0 Å². The monoisotopic (exact) mass is 478 g/mol. The summed E-state index contributed by atoms with van der Waals surface area (Å²) >= 11 is 0. The third-order valence-corrected chi connectivity index (χ3v) is 5.21. The fourth-order valence-corrected chi connectivity index (χ4v) is 3.64. The maximum absolute atomic E-state index is 13.5. The van der Waals surface area contributed by atoms with Crippen molar-refractivity contribution >= 4 is 5.97 Å². The fourth-order valence-electron chi connectivity index (χ4n) is 3.64. The van der Waals surface area contributed by atoms with E-state index in [1.54, 1.807) is 12.1 Å². The summed E-state index contributed by atoms with van der Waals surface area (Å²) < 4.78 is 71.5. The summed E-state index contributed by atoms with van der Waals surface area (Å²) in [5, 5.41) is 9.77. The molecule has 0 heterocycles. The summed E-state index contributed by atoms with van der Waals surface area (Å²) in [7, 11) is 0. The second-order valence-corrected chi connectivity index (χ2v) is 8.45. The normalized spacial score (nSPS) is 12.6. The third-order valence-electron chi connectivity index (χ3n) is 5.21. The number of hydrogen-bond donors (Lipinski definition) is 1. The summed E-state index contributed by atoms with van der Waals surface area (Å²) in [4.78, 5) is 12.0. The van der Waals surface area contributed by atoms with Crippen LogP contribution in [0.1, 0.15) is 42.9 Å². The van der Waals surface area contributed by atoms with Crippen LogP contribution >= 0.6 is 0 Å². The van der Waals surface area contributed by atoms with Crippen LogP contribution in [0.25, 0.3) is 11.1 Å². The average Bonchev–Trinajstić information content (AvgIpc) is 2.74. The van der Waals surface area contributed by atoms with Crippen molar-refractivity contribution in [2.75, 3.05) is 0 Å². The number of carbonyl (C=O) groups is 1. The van der Waals surface area contributed by atoms with Gasteiger partial charge in [0.15, 0.2) is 0 Å². The van der Waals surface area contributed by atoms with Gasteiger partial charge < -0.3 is 9.84 Å². The van der Waals surface area contributed by atoms with Crippen molar-refractivity contribution < 1.29 is 36.6 Å². The van der Waals surface area contributed by atoms with E-state index in [0.717, 1.165) is 30.3 Å². The Bertz CT molecular complexity index is 1130. The van der Waals surface area contributed by atoms with Crippen molar-refractivity contribution in [3.05, 3.63) is 89.0 Å². The smallest absolute Gasteiger partial charge is 0.416 e. The highest BCUT2D eigenvalue weighted by atomic mass is 19.4. The Morgan fingerprint density at radius 1 is 0.912 bits per heavy atom. The lowest BCUT2D eigenvalue weighted by molar-refractivity contribution is -0.139. The Morgan fingerprint density at radius 2 is 1.53 bits per heavy atom. The maximum Gasteiger partial charge on any atom is 0.416 e. The summed E-state index contributed by atoms with van der Waals surface area (Å²) in [5.74, 6) is -3.15. The van der Waals surface area contributed by atoms with E-state index in [2.05, 4.69) is 0 Å². The summed E-state index contributed by atoms with van der Waals surface area (Å²) in [6.07, 6.45) is -4.15. The fraction of sp³-hybridized carbons (Fsp3) is 0.269. The van der Waals surface area contributed by atoms with Gasteiger partial charge in [0.25, 0.3) is 0 Å². The number of carboxylic acid groups (broad SMARTS) is 1. The van der Waals surface area contributed by atoms with E-state index in [1.165, 1.54) is 18.2 Å². The van der Waals surface area contributed by atoms with Crippen LogP contribution in [-0.2, 0) is 17.6 Å². The van der Waals surface area contributed by atoms with Gasteiger partial charge in [-0.15, -0.1) is 0 Å². The number of benzene rings is 3. The second-order valence-electron chi connectivity index (χ2n) is 8.45. The molecule has 0 aliphatic rings. The van der Waals surface area contributed by atoms with Gasteiger partial charge in [-0.1, -0.05) is 32.0 Å². The first-order valence-corrected chi connectivity index (χ1v) is 10.6. The first kappa shape index (κ1) is 25.2. The SMILES string of the molecule is CC(C)C[C@H](C(=O)O)c1cc(OCc2cc(F)cc(F)c2)cc(-c2ccc(C(F)(F)F)cc2)c1. The van der Waals surface area contributed by atoms with Crippen molar-refractivity contribution in [1.82, 2.24) is 0 Å². The first-order valence-electron chi connectivity index (χ1n) is 10.6. The molecule has 0 radical (unpaired) electrons. The first-order chi connectivity index (χ1) is 15.9. The zero-order chi connectivity index (χ0) is 25.0. The van der Waals surface area contributed by atoms with E-state index < -0.39 is 35.3 Å². The Kier molecular flexibility index (Phi) is 7.59. The van der Waals surface area contributed by atoms with E-state index in [9.17, 15) is 31.9 Å². The van der Waals surface area contributed by atoms with Gasteiger partial charge in [0.05, 0.1) is 11.5 Å². The van der Waals surface area contributed by atoms with Gasteiger partial charge in [-0.25, -0.2) is 8.78 Å². The standard InChI is InChI=1S/C26H23F5O3/c1-15(2)7-24(25(32)33)19-10-18(17-3-5-20(6-4-17)26(29,30)31)11-23(12-19)34-14-16-8-21(27)13-22(28)9-16/h3-6,8-13,15,24H,7,14H2,1-2H3,(H,32,33)/t24-/m0/s1. The van der Waals surface area contributed by atoms with E-state index >= 15 is 0 Å². The molecule has 0 amide bonds. The summed E-state index contributed by atoms with van der Waals surface area (Å²) in [5.41, 5.74) is 0.738. The molecular weight excluding hydrogens is 455 g/mol. The Hall–Kier alpha value is -3.42. The van der Waals surface area contributed by atoms with Crippen LogP contribution < -0.4 is 4.74 Å². The number of rotatable bonds is 8. The predicted molar refractivity (Wildman–Crippen MR) is 117 cm³/mol. The van der Waals surface area contributed by atoms with E-state index in [1.807, 2.05) is 13.8 Å². The molecule has 3 nitrogen and oxygen atoms in total. The number of alkyl halides is 3. The molecular formula is C26H23F5O3. The molecule has 1 N–H and O–H groups in total. The van der Waals surface area contributed by atoms with Crippen molar-refractivity contribution in [3.63, 3.8) is 0 Å². The topological polar surface area (TPSA) is 46.5 Å². The van der Waals surface area contributed by atoms with Gasteiger partial charge in [0.2, 0.25) is 0 Å². The van der Waals surface area contributed by atoms with E-state index in [4.69, 9.17) is 4.74 Å². The van der Waals surface area contributed by atoms with Crippen molar-refractivity contribution in [3.8, 4) is 16.9 Å². The number of aliphatic carboxylic acids is 1. The van der Waals surface area contributed by atoms with Gasteiger partial charge >= 0.3 is 12.1 Å². The summed E-state index contributed by atoms with van der Waals surface area (Å²) in [6.45, 7) is 3.57. The van der Waals surface area contributed by atoms with Gasteiger partial charge in [-0.05, 0) is 71.0 Å². The van der Waals surface area contributed by atoms with Crippen LogP contribution in [0.2, 0.25) is 0 Å².